The lowest BCUT2D eigenvalue weighted by Gasteiger charge is -2.47. The van der Waals surface area contributed by atoms with Crippen LogP contribution in [0.25, 0.3) is 0 Å². The minimum Gasteiger partial charge on any atom is -0.297 e. The largest absolute Gasteiger partial charge is 0.297 e. The van der Waals surface area contributed by atoms with Gasteiger partial charge in [-0.05, 0) is 46.1 Å². The third-order valence-corrected chi connectivity index (χ3v) is 16.2. The van der Waals surface area contributed by atoms with Crippen LogP contribution < -0.4 is 0 Å². The van der Waals surface area contributed by atoms with E-state index in [2.05, 4.69) is 96.2 Å². The average Bonchev–Trinajstić information content (AvgIpc) is 2.18. The lowest BCUT2D eigenvalue weighted by atomic mass is 10.0. The van der Waals surface area contributed by atoms with E-state index in [1.54, 1.807) is 0 Å². The molecule has 2 unspecified atom stereocenters. The molecule has 0 fully saturated rings. The van der Waals surface area contributed by atoms with Gasteiger partial charge in [0.2, 0.25) is 16.6 Å². The molecule has 0 amide bonds. The van der Waals surface area contributed by atoms with Gasteiger partial charge in [0, 0.05) is 0 Å². The first kappa shape index (κ1) is 24.4. The van der Waals surface area contributed by atoms with Crippen molar-refractivity contribution in [2.24, 2.45) is 10.8 Å². The molecule has 0 spiro atoms. The van der Waals surface area contributed by atoms with Gasteiger partial charge < -0.3 is 0 Å². The first-order valence-corrected chi connectivity index (χ1v) is 14.7. The van der Waals surface area contributed by atoms with Crippen molar-refractivity contribution in [3.05, 3.63) is 0 Å². The summed E-state index contributed by atoms with van der Waals surface area (Å²) >= 11 is 0. The summed E-state index contributed by atoms with van der Waals surface area (Å²) in [5, 5.41) is 0.296. The third-order valence-electron chi connectivity index (χ3n) is 5.32. The fourth-order valence-corrected chi connectivity index (χ4v) is 10.2. The lowest BCUT2D eigenvalue weighted by Crippen LogP contribution is -2.53. The quantitative estimate of drug-likeness (QED) is 0.278. The van der Waals surface area contributed by atoms with E-state index in [-0.39, 0.29) is 20.9 Å². The Morgan fingerprint density at radius 2 is 0.708 bits per heavy atom. The number of rotatable bonds is 5. The van der Waals surface area contributed by atoms with E-state index in [0.717, 1.165) is 12.1 Å². The Hall–Kier alpha value is 0.354. The maximum absolute atomic E-state index is 6.51. The summed E-state index contributed by atoms with van der Waals surface area (Å²) in [6.07, 6.45) is 0. The van der Waals surface area contributed by atoms with E-state index in [1.807, 2.05) is 0 Å². The molecule has 0 aliphatic heterocycles. The van der Waals surface area contributed by atoms with Gasteiger partial charge in [-0.2, -0.15) is 0 Å². The van der Waals surface area contributed by atoms with E-state index in [4.69, 9.17) is 9.15 Å². The second-order valence-electron chi connectivity index (χ2n) is 12.6. The van der Waals surface area contributed by atoms with E-state index < -0.39 is 16.6 Å². The number of hydrogen-bond acceptors (Lipinski definition) is 2. The van der Waals surface area contributed by atoms with Gasteiger partial charge in [-0.25, -0.2) is 0 Å². The lowest BCUT2D eigenvalue weighted by molar-refractivity contribution is -0.138. The normalized spacial score (nSPS) is 19.8. The van der Waals surface area contributed by atoms with Gasteiger partial charge in [-0.1, -0.05) is 83.1 Å². The predicted octanol–water partition coefficient (Wildman–Crippen LogP) is 7.78. The van der Waals surface area contributed by atoms with Crippen LogP contribution in [0, 0.1) is 10.8 Å². The topological polar surface area (TPSA) is 18.5 Å². The van der Waals surface area contributed by atoms with Crippen LogP contribution in [0.15, 0.2) is 0 Å². The molecule has 0 aromatic rings. The first-order chi connectivity index (χ1) is 10.1. The summed E-state index contributed by atoms with van der Waals surface area (Å²) in [6, 6.07) is 2.21. The van der Waals surface area contributed by atoms with Crippen molar-refractivity contribution in [1.29, 1.82) is 0 Å². The molecule has 2 atom stereocenters. The molecule has 0 aliphatic rings. The molecular weight excluding hydrogens is 328 g/mol. The molecule has 0 aliphatic carbocycles. The molecule has 2 nitrogen and oxygen atoms in total. The van der Waals surface area contributed by atoms with Gasteiger partial charge in [-0.3, -0.25) is 9.15 Å². The molecule has 0 rings (SSSR count). The van der Waals surface area contributed by atoms with E-state index >= 15 is 0 Å². The van der Waals surface area contributed by atoms with E-state index in [1.165, 1.54) is 0 Å². The van der Waals surface area contributed by atoms with Crippen molar-refractivity contribution in [2.75, 3.05) is 0 Å². The van der Waals surface area contributed by atoms with Crippen molar-refractivity contribution >= 4 is 16.6 Å². The van der Waals surface area contributed by atoms with Crippen molar-refractivity contribution in [3.8, 4) is 0 Å². The Bertz CT molecular complexity index is 367. The monoisotopic (exact) mass is 374 g/mol. The summed E-state index contributed by atoms with van der Waals surface area (Å²) in [7, 11) is -4.08. The summed E-state index contributed by atoms with van der Waals surface area (Å²) in [6.45, 7) is 32.4. The van der Waals surface area contributed by atoms with Gasteiger partial charge >= 0.3 is 0 Å². The van der Waals surface area contributed by atoms with E-state index in [9.17, 15) is 0 Å². The molecule has 0 radical (unpaired) electrons. The summed E-state index contributed by atoms with van der Waals surface area (Å²) in [5.41, 5.74) is 0.503. The van der Waals surface area contributed by atoms with Crippen LogP contribution in [0.1, 0.15) is 83.1 Å². The molecule has 0 aromatic carbocycles. The molecule has 24 heavy (non-hydrogen) atoms. The Kier molecular flexibility index (Phi) is 7.27. The van der Waals surface area contributed by atoms with Gasteiger partial charge in [0.15, 0.2) is 0 Å². The van der Waals surface area contributed by atoms with Crippen molar-refractivity contribution in [1.82, 2.24) is 0 Å². The third kappa shape index (κ3) is 7.31. The zero-order valence-electron chi connectivity index (χ0n) is 19.2. The minimum atomic E-state index is -2.04. The standard InChI is InChI=1S/C20H46O2Si2/c1-17(2,3)15-23(13,19(7,8)9)21-22-24(14,20(10,11)12)16-18(4,5)6/h15-16H2,1-14H3. The average molecular weight is 375 g/mol. The predicted molar refractivity (Wildman–Crippen MR) is 113 cm³/mol. The van der Waals surface area contributed by atoms with Gasteiger partial charge in [0.1, 0.15) is 0 Å². The number of hydrogen-bond donors (Lipinski definition) is 0. The van der Waals surface area contributed by atoms with E-state index in [0.29, 0.717) is 0 Å². The van der Waals surface area contributed by atoms with Crippen molar-refractivity contribution < 1.29 is 9.15 Å². The van der Waals surface area contributed by atoms with Gasteiger partial charge in [0.05, 0.1) is 0 Å². The highest BCUT2D eigenvalue weighted by Gasteiger charge is 2.51. The van der Waals surface area contributed by atoms with Crippen LogP contribution in [0.4, 0.5) is 0 Å². The highest BCUT2D eigenvalue weighted by atomic mass is 28.4. The van der Waals surface area contributed by atoms with Crippen LogP contribution in [0.5, 0.6) is 0 Å². The van der Waals surface area contributed by atoms with Crippen LogP contribution in [-0.4, -0.2) is 16.6 Å². The highest BCUT2D eigenvalue weighted by Crippen LogP contribution is 2.48. The Balaban J connectivity index is 5.57. The SMILES string of the molecule is CC(C)(C)C[Si](C)(OO[Si](C)(CC(C)(C)C)C(C)(C)C)C(C)(C)C. The smallest absolute Gasteiger partial charge is 0.240 e. The summed E-state index contributed by atoms with van der Waals surface area (Å²) in [5.74, 6) is 0. The second kappa shape index (κ2) is 7.17. The Morgan fingerprint density at radius 3 is 0.833 bits per heavy atom. The molecule has 0 saturated carbocycles. The molecule has 0 heterocycles. The Labute approximate surface area is 155 Å². The minimum absolute atomic E-state index is 0.148. The molecule has 0 saturated heterocycles. The Morgan fingerprint density at radius 1 is 0.500 bits per heavy atom. The van der Waals surface area contributed by atoms with Gasteiger partial charge in [-0.15, -0.1) is 0 Å². The fourth-order valence-electron chi connectivity index (χ4n) is 3.05. The maximum atomic E-state index is 6.51. The van der Waals surface area contributed by atoms with Crippen LogP contribution in [0.2, 0.25) is 35.3 Å². The zero-order chi connectivity index (χ0) is 19.8. The van der Waals surface area contributed by atoms with Crippen LogP contribution in [-0.2, 0) is 9.15 Å². The maximum Gasteiger partial charge on any atom is 0.240 e. The van der Waals surface area contributed by atoms with Crippen LogP contribution >= 0.6 is 0 Å². The van der Waals surface area contributed by atoms with Crippen molar-refractivity contribution in [3.63, 3.8) is 0 Å². The zero-order valence-corrected chi connectivity index (χ0v) is 21.2. The summed E-state index contributed by atoms with van der Waals surface area (Å²) < 4.78 is 13.0. The molecule has 0 N–H and O–H groups in total. The second-order valence-corrected chi connectivity index (χ2v) is 21.6. The molecule has 4 heteroatoms. The van der Waals surface area contributed by atoms with Crippen LogP contribution in [0.3, 0.4) is 0 Å². The van der Waals surface area contributed by atoms with Crippen molar-refractivity contribution in [2.45, 2.75) is 118 Å². The van der Waals surface area contributed by atoms with Gasteiger partial charge in [0.25, 0.3) is 0 Å². The highest BCUT2D eigenvalue weighted by molar-refractivity contribution is 6.78. The molecule has 146 valence electrons. The summed E-state index contributed by atoms with van der Waals surface area (Å²) in [4.78, 5) is 0. The first-order valence-electron chi connectivity index (χ1n) is 9.49. The molecular formula is C20H46O2Si2. The molecule has 0 bridgehead atoms. The fraction of sp³-hybridized carbons (Fsp3) is 1.00. The molecule has 0 aromatic heterocycles.